The highest BCUT2D eigenvalue weighted by Crippen LogP contribution is 2.33. The normalized spacial score (nSPS) is 17.5. The fourth-order valence-electron chi connectivity index (χ4n) is 3.50. The van der Waals surface area contributed by atoms with Crippen LogP contribution in [0.25, 0.3) is 0 Å². The first kappa shape index (κ1) is 17.5. The Morgan fingerprint density at radius 3 is 2.84 bits per heavy atom. The number of aryl methyl sites for hydroxylation is 1. The van der Waals surface area contributed by atoms with Gasteiger partial charge in [-0.15, -0.1) is 0 Å². The molecule has 1 aliphatic heterocycles. The third kappa shape index (κ3) is 4.02. The molecule has 0 bridgehead atoms. The molecular formula is C21H26N2O2. The highest BCUT2D eigenvalue weighted by molar-refractivity contribution is 5.93. The number of amides is 1. The fourth-order valence-corrected chi connectivity index (χ4v) is 3.50. The molecule has 0 unspecified atom stereocenters. The summed E-state index contributed by atoms with van der Waals surface area (Å²) in [5, 5.41) is 3.07. The third-order valence-corrected chi connectivity index (χ3v) is 5.07. The van der Waals surface area contributed by atoms with Gasteiger partial charge in [0.2, 0.25) is 5.91 Å². The van der Waals surface area contributed by atoms with Crippen molar-refractivity contribution in [3.05, 3.63) is 59.2 Å². The summed E-state index contributed by atoms with van der Waals surface area (Å²) >= 11 is 0. The van der Waals surface area contributed by atoms with Gasteiger partial charge in [0, 0.05) is 11.7 Å². The summed E-state index contributed by atoms with van der Waals surface area (Å²) < 4.78 is 5.34. The number of rotatable bonds is 5. The van der Waals surface area contributed by atoms with E-state index < -0.39 is 0 Å². The SMILES string of the molecule is COc1cccc([C@H]2CCCN2CC(=O)Nc2cccc(C)c2C)c1. The van der Waals surface area contributed by atoms with Gasteiger partial charge in [0.15, 0.2) is 0 Å². The van der Waals surface area contributed by atoms with Gasteiger partial charge >= 0.3 is 0 Å². The lowest BCUT2D eigenvalue weighted by atomic mass is 10.0. The maximum Gasteiger partial charge on any atom is 0.238 e. The molecule has 25 heavy (non-hydrogen) atoms. The van der Waals surface area contributed by atoms with E-state index in [0.29, 0.717) is 6.54 Å². The second-order valence-corrected chi connectivity index (χ2v) is 6.70. The van der Waals surface area contributed by atoms with E-state index in [2.05, 4.69) is 35.3 Å². The molecule has 1 atom stereocenters. The zero-order valence-electron chi connectivity index (χ0n) is 15.2. The van der Waals surface area contributed by atoms with Crippen LogP contribution in [0.1, 0.15) is 35.6 Å². The van der Waals surface area contributed by atoms with Crippen LogP contribution in [-0.2, 0) is 4.79 Å². The van der Waals surface area contributed by atoms with Crippen LogP contribution in [0.3, 0.4) is 0 Å². The number of hydrogen-bond donors (Lipinski definition) is 1. The number of likely N-dealkylation sites (tertiary alicyclic amines) is 1. The average molecular weight is 338 g/mol. The van der Waals surface area contributed by atoms with Gasteiger partial charge in [0.05, 0.1) is 13.7 Å². The molecule has 0 aliphatic carbocycles. The fraction of sp³-hybridized carbons (Fsp3) is 0.381. The van der Waals surface area contributed by atoms with Crippen LogP contribution < -0.4 is 10.1 Å². The molecule has 132 valence electrons. The Kier molecular flexibility index (Phi) is 5.39. The lowest BCUT2D eigenvalue weighted by molar-refractivity contribution is -0.117. The first-order valence-corrected chi connectivity index (χ1v) is 8.82. The minimum absolute atomic E-state index is 0.0449. The van der Waals surface area contributed by atoms with Crippen molar-refractivity contribution in [2.45, 2.75) is 32.7 Å². The van der Waals surface area contributed by atoms with Gasteiger partial charge in [0.25, 0.3) is 0 Å². The van der Waals surface area contributed by atoms with Gasteiger partial charge in [-0.05, 0) is 68.1 Å². The van der Waals surface area contributed by atoms with E-state index in [9.17, 15) is 4.79 Å². The number of nitrogens with one attached hydrogen (secondary N) is 1. The van der Waals surface area contributed by atoms with E-state index in [1.165, 1.54) is 11.1 Å². The second-order valence-electron chi connectivity index (χ2n) is 6.70. The van der Waals surface area contributed by atoms with Crippen LogP contribution in [0.15, 0.2) is 42.5 Å². The van der Waals surface area contributed by atoms with E-state index in [0.717, 1.165) is 36.4 Å². The lowest BCUT2D eigenvalue weighted by Crippen LogP contribution is -2.33. The average Bonchev–Trinajstić information content (AvgIpc) is 3.07. The van der Waals surface area contributed by atoms with Crippen LogP contribution in [0.5, 0.6) is 5.75 Å². The molecule has 3 rings (SSSR count). The summed E-state index contributed by atoms with van der Waals surface area (Å²) in [5.74, 6) is 0.910. The molecule has 1 amide bonds. The maximum absolute atomic E-state index is 12.6. The van der Waals surface area contributed by atoms with Gasteiger partial charge in [-0.25, -0.2) is 0 Å². The molecule has 0 radical (unpaired) electrons. The van der Waals surface area contributed by atoms with E-state index in [-0.39, 0.29) is 11.9 Å². The first-order valence-electron chi connectivity index (χ1n) is 8.82. The van der Waals surface area contributed by atoms with Crippen LogP contribution in [0.4, 0.5) is 5.69 Å². The molecule has 1 heterocycles. The summed E-state index contributed by atoms with van der Waals surface area (Å²) in [6.07, 6.45) is 2.18. The smallest absolute Gasteiger partial charge is 0.238 e. The van der Waals surface area contributed by atoms with Gasteiger partial charge in [-0.3, -0.25) is 9.69 Å². The van der Waals surface area contributed by atoms with Crippen molar-refractivity contribution in [1.82, 2.24) is 4.90 Å². The van der Waals surface area contributed by atoms with Gasteiger partial charge in [-0.1, -0.05) is 24.3 Å². The standard InChI is InChI=1S/C21H26N2O2/c1-15-7-4-10-19(16(15)2)22-21(24)14-23-12-6-11-20(23)17-8-5-9-18(13-17)25-3/h4-5,7-10,13,20H,6,11-12,14H2,1-3H3,(H,22,24)/t20-/m1/s1. The first-order chi connectivity index (χ1) is 12.1. The van der Waals surface area contributed by atoms with Crippen molar-refractivity contribution in [2.75, 3.05) is 25.5 Å². The van der Waals surface area contributed by atoms with Crippen molar-refractivity contribution in [2.24, 2.45) is 0 Å². The van der Waals surface area contributed by atoms with Crippen LogP contribution in [0, 0.1) is 13.8 Å². The Balaban J connectivity index is 1.68. The Labute approximate surface area is 149 Å². The van der Waals surface area contributed by atoms with Gasteiger partial charge in [0.1, 0.15) is 5.75 Å². The Morgan fingerprint density at radius 2 is 2.04 bits per heavy atom. The molecule has 1 N–H and O–H groups in total. The third-order valence-electron chi connectivity index (χ3n) is 5.07. The van der Waals surface area contributed by atoms with Crippen molar-refractivity contribution in [1.29, 1.82) is 0 Å². The monoisotopic (exact) mass is 338 g/mol. The minimum atomic E-state index is 0.0449. The molecule has 0 aromatic heterocycles. The molecule has 0 saturated carbocycles. The quantitative estimate of drug-likeness (QED) is 0.893. The zero-order chi connectivity index (χ0) is 17.8. The molecule has 4 heteroatoms. The zero-order valence-corrected chi connectivity index (χ0v) is 15.2. The Hall–Kier alpha value is -2.33. The molecule has 4 nitrogen and oxygen atoms in total. The van der Waals surface area contributed by atoms with Crippen LogP contribution in [0.2, 0.25) is 0 Å². The maximum atomic E-state index is 12.6. The molecular weight excluding hydrogens is 312 g/mol. The van der Waals surface area contributed by atoms with Crippen LogP contribution in [-0.4, -0.2) is 31.0 Å². The number of nitrogens with zero attached hydrogens (tertiary/aromatic N) is 1. The molecule has 2 aromatic carbocycles. The summed E-state index contributed by atoms with van der Waals surface area (Å²) in [4.78, 5) is 14.8. The molecule has 2 aromatic rings. The van der Waals surface area contributed by atoms with E-state index in [1.807, 2.05) is 31.2 Å². The molecule has 0 spiro atoms. The summed E-state index contributed by atoms with van der Waals surface area (Å²) in [7, 11) is 1.68. The van der Waals surface area contributed by atoms with Crippen LogP contribution >= 0.6 is 0 Å². The number of hydrogen-bond acceptors (Lipinski definition) is 3. The van der Waals surface area contributed by atoms with E-state index in [4.69, 9.17) is 4.74 Å². The predicted octanol–water partition coefficient (Wildman–Crippen LogP) is 4.09. The largest absolute Gasteiger partial charge is 0.497 e. The number of carbonyl (C=O) groups is 1. The summed E-state index contributed by atoms with van der Waals surface area (Å²) in [5.41, 5.74) is 4.44. The number of ether oxygens (including phenoxy) is 1. The Morgan fingerprint density at radius 1 is 1.24 bits per heavy atom. The van der Waals surface area contributed by atoms with Crippen molar-refractivity contribution in [3.63, 3.8) is 0 Å². The summed E-state index contributed by atoms with van der Waals surface area (Å²) in [6.45, 7) is 5.46. The van der Waals surface area contributed by atoms with Gasteiger partial charge < -0.3 is 10.1 Å². The van der Waals surface area contributed by atoms with Gasteiger partial charge in [-0.2, -0.15) is 0 Å². The number of anilines is 1. The minimum Gasteiger partial charge on any atom is -0.497 e. The molecule has 1 saturated heterocycles. The lowest BCUT2D eigenvalue weighted by Gasteiger charge is -2.24. The molecule has 1 aliphatic rings. The number of carbonyl (C=O) groups excluding carboxylic acids is 1. The molecule has 1 fully saturated rings. The van der Waals surface area contributed by atoms with Crippen molar-refractivity contribution < 1.29 is 9.53 Å². The van der Waals surface area contributed by atoms with Crippen molar-refractivity contribution in [3.8, 4) is 5.75 Å². The highest BCUT2D eigenvalue weighted by atomic mass is 16.5. The number of benzene rings is 2. The second kappa shape index (κ2) is 7.70. The summed E-state index contributed by atoms with van der Waals surface area (Å²) in [6, 6.07) is 14.4. The van der Waals surface area contributed by atoms with E-state index >= 15 is 0 Å². The predicted molar refractivity (Wildman–Crippen MR) is 101 cm³/mol. The highest BCUT2D eigenvalue weighted by Gasteiger charge is 2.27. The topological polar surface area (TPSA) is 41.6 Å². The Bertz CT molecular complexity index is 757. The van der Waals surface area contributed by atoms with Crippen molar-refractivity contribution >= 4 is 11.6 Å². The van der Waals surface area contributed by atoms with E-state index in [1.54, 1.807) is 7.11 Å². The number of methoxy groups -OCH3 is 1.